The number of carbonyl (C=O) groups excluding carboxylic acids is 1. The molecule has 23 heavy (non-hydrogen) atoms. The van der Waals surface area contributed by atoms with Crippen LogP contribution in [0.15, 0.2) is 42.7 Å². The lowest BCUT2D eigenvalue weighted by Crippen LogP contribution is -2.44. The number of carboxylic acid groups (broad SMARTS) is 1. The maximum absolute atomic E-state index is 12.3. The quantitative estimate of drug-likeness (QED) is 0.909. The zero-order chi connectivity index (χ0) is 16.2. The first-order valence-corrected chi connectivity index (χ1v) is 7.52. The van der Waals surface area contributed by atoms with E-state index in [-0.39, 0.29) is 12.6 Å². The third kappa shape index (κ3) is 3.50. The maximum Gasteiger partial charge on any atom is 0.321 e. The van der Waals surface area contributed by atoms with E-state index in [9.17, 15) is 9.59 Å². The molecule has 1 aromatic carbocycles. The topological polar surface area (TPSA) is 87.5 Å². The summed E-state index contributed by atoms with van der Waals surface area (Å²) in [5.74, 6) is -1.33. The number of aliphatic carboxylic acids is 1. The Morgan fingerprint density at radius 1 is 1.30 bits per heavy atom. The number of benzene rings is 1. The van der Waals surface area contributed by atoms with E-state index in [0.29, 0.717) is 25.1 Å². The Morgan fingerprint density at radius 2 is 2.17 bits per heavy atom. The van der Waals surface area contributed by atoms with E-state index >= 15 is 0 Å². The van der Waals surface area contributed by atoms with Crippen molar-refractivity contribution in [1.82, 2.24) is 14.7 Å². The average Bonchev–Trinajstić information content (AvgIpc) is 3.10. The van der Waals surface area contributed by atoms with Crippen molar-refractivity contribution in [3.05, 3.63) is 42.7 Å². The van der Waals surface area contributed by atoms with Crippen LogP contribution < -0.4 is 5.32 Å². The van der Waals surface area contributed by atoms with E-state index in [2.05, 4.69) is 10.4 Å². The Morgan fingerprint density at radius 3 is 2.91 bits per heavy atom. The van der Waals surface area contributed by atoms with E-state index in [4.69, 9.17) is 5.11 Å². The van der Waals surface area contributed by atoms with Crippen molar-refractivity contribution >= 4 is 17.7 Å². The molecule has 1 aliphatic rings. The van der Waals surface area contributed by atoms with E-state index in [1.54, 1.807) is 21.8 Å². The minimum absolute atomic E-state index is 0.250. The molecular formula is C16H18N4O3. The summed E-state index contributed by atoms with van der Waals surface area (Å²) in [5.41, 5.74) is 1.50. The van der Waals surface area contributed by atoms with Gasteiger partial charge in [-0.2, -0.15) is 5.10 Å². The lowest BCUT2D eigenvalue weighted by molar-refractivity contribution is -0.143. The molecule has 1 fully saturated rings. The molecule has 7 heteroatoms. The Balaban J connectivity index is 1.68. The zero-order valence-corrected chi connectivity index (χ0v) is 12.6. The Kier molecular flexibility index (Phi) is 4.27. The number of nitrogens with zero attached hydrogens (tertiary/aromatic N) is 3. The van der Waals surface area contributed by atoms with E-state index < -0.39 is 11.9 Å². The van der Waals surface area contributed by atoms with Gasteiger partial charge >= 0.3 is 12.0 Å². The number of carboxylic acids is 1. The fraction of sp³-hybridized carbons (Fsp3) is 0.312. The molecule has 2 amide bonds. The molecule has 1 atom stereocenters. The second-order valence-corrected chi connectivity index (χ2v) is 5.55. The second-order valence-electron chi connectivity index (χ2n) is 5.55. The number of rotatable bonds is 3. The van der Waals surface area contributed by atoms with Crippen LogP contribution in [-0.2, 0) is 4.79 Å². The summed E-state index contributed by atoms with van der Waals surface area (Å²) in [5, 5.41) is 16.1. The predicted molar refractivity (Wildman–Crippen MR) is 84.5 cm³/mol. The SMILES string of the molecule is O=C(O)C1CCCN(C(=O)Nc2cccc(-n3cccn3)c2)C1. The van der Waals surface area contributed by atoms with E-state index in [0.717, 1.165) is 5.69 Å². The summed E-state index contributed by atoms with van der Waals surface area (Å²) in [6, 6.07) is 8.90. The van der Waals surface area contributed by atoms with Crippen LogP contribution in [0.5, 0.6) is 0 Å². The number of hydrogen-bond acceptors (Lipinski definition) is 3. The summed E-state index contributed by atoms with van der Waals surface area (Å²) in [7, 11) is 0. The Hall–Kier alpha value is -2.83. The summed E-state index contributed by atoms with van der Waals surface area (Å²) in [4.78, 5) is 25.0. The van der Waals surface area contributed by atoms with Gasteiger partial charge in [-0.1, -0.05) is 6.07 Å². The first-order chi connectivity index (χ1) is 11.1. The van der Waals surface area contributed by atoms with Gasteiger partial charge in [-0.25, -0.2) is 9.48 Å². The molecular weight excluding hydrogens is 296 g/mol. The molecule has 1 saturated heterocycles. The van der Waals surface area contributed by atoms with Crippen LogP contribution in [-0.4, -0.2) is 44.9 Å². The van der Waals surface area contributed by atoms with Gasteiger partial charge in [0.05, 0.1) is 11.6 Å². The van der Waals surface area contributed by atoms with Crippen molar-refractivity contribution in [2.45, 2.75) is 12.8 Å². The highest BCUT2D eigenvalue weighted by Gasteiger charge is 2.28. The molecule has 3 rings (SSSR count). The van der Waals surface area contributed by atoms with Gasteiger partial charge in [-0.15, -0.1) is 0 Å². The molecule has 0 radical (unpaired) electrons. The normalized spacial score (nSPS) is 17.7. The minimum atomic E-state index is -0.844. The van der Waals surface area contributed by atoms with Crippen LogP contribution in [0.25, 0.3) is 5.69 Å². The molecule has 0 bridgehead atoms. The molecule has 0 saturated carbocycles. The predicted octanol–water partition coefficient (Wildman–Crippen LogP) is 2.20. The molecule has 120 valence electrons. The molecule has 1 aliphatic heterocycles. The van der Waals surface area contributed by atoms with Crippen molar-refractivity contribution in [1.29, 1.82) is 0 Å². The highest BCUT2D eigenvalue weighted by molar-refractivity contribution is 5.90. The highest BCUT2D eigenvalue weighted by Crippen LogP contribution is 2.19. The van der Waals surface area contributed by atoms with E-state index in [1.165, 1.54) is 0 Å². The summed E-state index contributed by atoms with van der Waals surface area (Å²) in [6.07, 6.45) is 4.83. The van der Waals surface area contributed by atoms with Gasteiger partial charge in [0.15, 0.2) is 0 Å². The summed E-state index contributed by atoms with van der Waals surface area (Å²) in [6.45, 7) is 0.828. The van der Waals surface area contributed by atoms with Crippen LogP contribution in [0.1, 0.15) is 12.8 Å². The fourth-order valence-electron chi connectivity index (χ4n) is 2.71. The molecule has 2 heterocycles. The van der Waals surface area contributed by atoms with Gasteiger partial charge in [0, 0.05) is 31.2 Å². The number of amides is 2. The number of anilines is 1. The first-order valence-electron chi connectivity index (χ1n) is 7.52. The molecule has 2 N–H and O–H groups in total. The number of piperidine rings is 1. The molecule has 1 aromatic heterocycles. The van der Waals surface area contributed by atoms with Crippen LogP contribution in [0, 0.1) is 5.92 Å². The molecule has 1 unspecified atom stereocenters. The van der Waals surface area contributed by atoms with Crippen LogP contribution in [0.4, 0.5) is 10.5 Å². The van der Waals surface area contributed by atoms with Gasteiger partial charge in [0.25, 0.3) is 0 Å². The molecule has 0 spiro atoms. The Labute approximate surface area is 133 Å². The van der Waals surface area contributed by atoms with Crippen LogP contribution >= 0.6 is 0 Å². The van der Waals surface area contributed by atoms with Crippen molar-refractivity contribution in [3.8, 4) is 5.69 Å². The van der Waals surface area contributed by atoms with Crippen LogP contribution in [0.3, 0.4) is 0 Å². The highest BCUT2D eigenvalue weighted by atomic mass is 16.4. The van der Waals surface area contributed by atoms with Crippen molar-refractivity contribution in [2.24, 2.45) is 5.92 Å². The fourth-order valence-corrected chi connectivity index (χ4v) is 2.71. The Bertz CT molecular complexity index is 699. The lowest BCUT2D eigenvalue weighted by atomic mass is 9.99. The second kappa shape index (κ2) is 6.51. The standard InChI is InChI=1S/C16H18N4O3/c21-15(22)12-4-2-8-19(11-12)16(23)18-13-5-1-6-14(10-13)20-9-3-7-17-20/h1,3,5-7,9-10,12H,2,4,8,11H2,(H,18,23)(H,21,22). The van der Waals surface area contributed by atoms with Crippen molar-refractivity contribution in [3.63, 3.8) is 0 Å². The van der Waals surface area contributed by atoms with Crippen molar-refractivity contribution < 1.29 is 14.7 Å². The number of nitrogens with one attached hydrogen (secondary N) is 1. The molecule has 7 nitrogen and oxygen atoms in total. The number of carbonyl (C=O) groups is 2. The van der Waals surface area contributed by atoms with E-state index in [1.807, 2.05) is 30.5 Å². The lowest BCUT2D eigenvalue weighted by Gasteiger charge is -2.30. The molecule has 2 aromatic rings. The van der Waals surface area contributed by atoms with Gasteiger partial charge in [-0.05, 0) is 37.1 Å². The molecule has 0 aliphatic carbocycles. The van der Waals surface area contributed by atoms with Gasteiger partial charge in [0.1, 0.15) is 0 Å². The third-order valence-electron chi connectivity index (χ3n) is 3.92. The number of urea groups is 1. The first kappa shape index (κ1) is 15.1. The zero-order valence-electron chi connectivity index (χ0n) is 12.6. The van der Waals surface area contributed by atoms with Crippen molar-refractivity contribution in [2.75, 3.05) is 18.4 Å². The maximum atomic E-state index is 12.3. The van der Waals surface area contributed by atoms with Gasteiger partial charge in [-0.3, -0.25) is 4.79 Å². The number of hydrogen-bond donors (Lipinski definition) is 2. The number of likely N-dealkylation sites (tertiary alicyclic amines) is 1. The smallest absolute Gasteiger partial charge is 0.321 e. The number of aromatic nitrogens is 2. The largest absolute Gasteiger partial charge is 0.481 e. The van der Waals surface area contributed by atoms with Gasteiger partial charge in [0.2, 0.25) is 0 Å². The monoisotopic (exact) mass is 314 g/mol. The average molecular weight is 314 g/mol. The minimum Gasteiger partial charge on any atom is -0.481 e. The summed E-state index contributed by atoms with van der Waals surface area (Å²) < 4.78 is 1.71. The van der Waals surface area contributed by atoms with Crippen LogP contribution in [0.2, 0.25) is 0 Å². The third-order valence-corrected chi connectivity index (χ3v) is 3.92. The van der Waals surface area contributed by atoms with Gasteiger partial charge < -0.3 is 15.3 Å². The summed E-state index contributed by atoms with van der Waals surface area (Å²) >= 11 is 0.